The van der Waals surface area contributed by atoms with Gasteiger partial charge in [0.05, 0.1) is 12.2 Å². The van der Waals surface area contributed by atoms with Crippen molar-refractivity contribution in [1.82, 2.24) is 0 Å². The summed E-state index contributed by atoms with van der Waals surface area (Å²) in [5.41, 5.74) is 0.651. The quantitative estimate of drug-likeness (QED) is 0.601. The second-order valence-corrected chi connectivity index (χ2v) is 12.0. The highest BCUT2D eigenvalue weighted by Gasteiger charge is 2.64. The summed E-state index contributed by atoms with van der Waals surface area (Å²) >= 11 is 0. The number of hydrogen-bond donors (Lipinski definition) is 3. The Balaban J connectivity index is 1.63. The summed E-state index contributed by atoms with van der Waals surface area (Å²) in [5, 5.41) is 31.4. The molecule has 4 aliphatic rings. The summed E-state index contributed by atoms with van der Waals surface area (Å²) in [7, 11) is 0. The van der Waals surface area contributed by atoms with Crippen LogP contribution in [0.5, 0.6) is 0 Å². The van der Waals surface area contributed by atoms with Gasteiger partial charge in [-0.25, -0.2) is 0 Å². The maximum atomic E-state index is 11.7. The SMILES string of the molecule is CC[C@@H]1[C@@H](O)C2C3CC[C@H]([C@H](C)CCCO)C3(C)CCC2[C@@]2(C)CC[C@@H](O)C[C@@H]12. The second kappa shape index (κ2) is 8.10. The third-order valence-electron chi connectivity index (χ3n) is 11.0. The summed E-state index contributed by atoms with van der Waals surface area (Å²) < 4.78 is 0. The van der Waals surface area contributed by atoms with E-state index in [1.165, 1.54) is 25.7 Å². The fourth-order valence-corrected chi connectivity index (χ4v) is 9.55. The zero-order valence-electron chi connectivity index (χ0n) is 19.3. The van der Waals surface area contributed by atoms with Gasteiger partial charge >= 0.3 is 0 Å². The molecule has 0 radical (unpaired) electrons. The van der Waals surface area contributed by atoms with Crippen LogP contribution in [-0.2, 0) is 0 Å². The fourth-order valence-electron chi connectivity index (χ4n) is 9.55. The van der Waals surface area contributed by atoms with E-state index in [2.05, 4.69) is 27.7 Å². The van der Waals surface area contributed by atoms with Crippen molar-refractivity contribution in [3.63, 3.8) is 0 Å². The predicted octanol–water partition coefficient (Wildman–Crippen LogP) is 5.02. The Morgan fingerprint density at radius 3 is 2.31 bits per heavy atom. The lowest BCUT2D eigenvalue weighted by molar-refractivity contribution is -0.203. The van der Waals surface area contributed by atoms with Gasteiger partial charge in [0, 0.05) is 6.61 Å². The zero-order valence-corrected chi connectivity index (χ0v) is 19.3. The topological polar surface area (TPSA) is 60.7 Å². The maximum Gasteiger partial charge on any atom is 0.0605 e. The first kappa shape index (κ1) is 22.1. The van der Waals surface area contributed by atoms with Gasteiger partial charge in [-0.3, -0.25) is 0 Å². The predicted molar refractivity (Wildman–Crippen MR) is 117 cm³/mol. The van der Waals surface area contributed by atoms with Gasteiger partial charge in [0.2, 0.25) is 0 Å². The van der Waals surface area contributed by atoms with E-state index in [-0.39, 0.29) is 12.2 Å². The van der Waals surface area contributed by atoms with E-state index in [1.807, 2.05) is 0 Å². The molecule has 0 saturated heterocycles. The monoisotopic (exact) mass is 406 g/mol. The van der Waals surface area contributed by atoms with Crippen molar-refractivity contribution in [2.24, 2.45) is 52.3 Å². The van der Waals surface area contributed by atoms with Gasteiger partial charge in [0.1, 0.15) is 0 Å². The molecule has 0 bridgehead atoms. The van der Waals surface area contributed by atoms with Gasteiger partial charge in [-0.1, -0.05) is 34.1 Å². The van der Waals surface area contributed by atoms with E-state index in [0.29, 0.717) is 52.9 Å². The summed E-state index contributed by atoms with van der Waals surface area (Å²) in [4.78, 5) is 0. The molecule has 3 nitrogen and oxygen atoms in total. The highest BCUT2D eigenvalue weighted by Crippen LogP contribution is 2.69. The molecule has 0 aromatic rings. The Hall–Kier alpha value is -0.120. The van der Waals surface area contributed by atoms with Crippen LogP contribution in [0.25, 0.3) is 0 Å². The van der Waals surface area contributed by atoms with Gasteiger partial charge in [0.15, 0.2) is 0 Å². The summed E-state index contributed by atoms with van der Waals surface area (Å²) in [6.07, 6.45) is 10.9. The summed E-state index contributed by atoms with van der Waals surface area (Å²) in [6.45, 7) is 10.0. The molecule has 11 atom stereocenters. The van der Waals surface area contributed by atoms with Gasteiger partial charge in [0.25, 0.3) is 0 Å². The minimum atomic E-state index is -0.190. The lowest BCUT2D eigenvalue weighted by atomic mass is 9.41. The Kier molecular flexibility index (Phi) is 6.17. The van der Waals surface area contributed by atoms with Crippen LogP contribution >= 0.6 is 0 Å². The first-order chi connectivity index (χ1) is 13.8. The van der Waals surface area contributed by atoms with Crippen LogP contribution in [0.2, 0.25) is 0 Å². The summed E-state index contributed by atoms with van der Waals surface area (Å²) in [5.74, 6) is 3.97. The van der Waals surface area contributed by atoms with E-state index in [9.17, 15) is 15.3 Å². The van der Waals surface area contributed by atoms with Crippen LogP contribution in [0, 0.1) is 52.3 Å². The van der Waals surface area contributed by atoms with Gasteiger partial charge in [-0.05, 0) is 110 Å². The van der Waals surface area contributed by atoms with Crippen LogP contribution in [0.15, 0.2) is 0 Å². The number of hydrogen-bond acceptors (Lipinski definition) is 3. The minimum absolute atomic E-state index is 0.164. The largest absolute Gasteiger partial charge is 0.396 e. The van der Waals surface area contributed by atoms with E-state index < -0.39 is 0 Å². The number of fused-ring (bicyclic) bond motifs is 5. The second-order valence-electron chi connectivity index (χ2n) is 12.0. The molecule has 29 heavy (non-hydrogen) atoms. The van der Waals surface area contributed by atoms with Gasteiger partial charge in [-0.2, -0.15) is 0 Å². The van der Waals surface area contributed by atoms with E-state index in [0.717, 1.165) is 44.4 Å². The molecule has 0 aliphatic heterocycles. The van der Waals surface area contributed by atoms with Crippen molar-refractivity contribution in [3.8, 4) is 0 Å². The van der Waals surface area contributed by atoms with Crippen molar-refractivity contribution in [2.45, 2.75) is 104 Å². The maximum absolute atomic E-state index is 11.7. The molecule has 0 aromatic heterocycles. The third kappa shape index (κ3) is 3.33. The van der Waals surface area contributed by atoms with E-state index in [1.54, 1.807) is 0 Å². The van der Waals surface area contributed by atoms with E-state index >= 15 is 0 Å². The molecule has 0 spiro atoms. The molecule has 4 saturated carbocycles. The molecule has 3 heteroatoms. The molecule has 0 heterocycles. The van der Waals surface area contributed by atoms with Crippen molar-refractivity contribution in [2.75, 3.05) is 6.61 Å². The Morgan fingerprint density at radius 2 is 1.62 bits per heavy atom. The smallest absolute Gasteiger partial charge is 0.0605 e. The molecular formula is C26H46O3. The van der Waals surface area contributed by atoms with Crippen molar-refractivity contribution < 1.29 is 15.3 Å². The molecule has 0 amide bonds. The van der Waals surface area contributed by atoms with Crippen LogP contribution in [0.1, 0.15) is 91.9 Å². The van der Waals surface area contributed by atoms with Crippen molar-refractivity contribution in [3.05, 3.63) is 0 Å². The van der Waals surface area contributed by atoms with Crippen LogP contribution in [0.3, 0.4) is 0 Å². The normalized spacial score (nSPS) is 53.1. The number of rotatable bonds is 5. The highest BCUT2D eigenvalue weighted by atomic mass is 16.3. The first-order valence-corrected chi connectivity index (χ1v) is 12.7. The summed E-state index contributed by atoms with van der Waals surface area (Å²) in [6, 6.07) is 0. The van der Waals surface area contributed by atoms with Crippen LogP contribution < -0.4 is 0 Å². The number of aliphatic hydroxyl groups is 3. The molecule has 4 unspecified atom stereocenters. The zero-order chi connectivity index (χ0) is 21.0. The molecule has 0 aromatic carbocycles. The van der Waals surface area contributed by atoms with Crippen LogP contribution in [-0.4, -0.2) is 34.1 Å². The van der Waals surface area contributed by atoms with Crippen molar-refractivity contribution >= 4 is 0 Å². The third-order valence-corrected chi connectivity index (χ3v) is 11.0. The van der Waals surface area contributed by atoms with Crippen molar-refractivity contribution in [1.29, 1.82) is 0 Å². The fraction of sp³-hybridized carbons (Fsp3) is 1.00. The average Bonchev–Trinajstić information content (AvgIpc) is 3.05. The Bertz CT molecular complexity index is 578. The minimum Gasteiger partial charge on any atom is -0.396 e. The van der Waals surface area contributed by atoms with Gasteiger partial charge < -0.3 is 15.3 Å². The standard InChI is InChI=1S/C26H46O3/c1-5-18-22-15-17(28)10-12-26(22,4)21-11-13-25(3)19(16(2)7-6-14-27)8-9-20(25)23(21)24(18)29/h16-24,27-29H,5-15H2,1-4H3/t16-,17-,18+,19-,20?,21?,22+,23?,24-,25?,26-/m1/s1. The average molecular weight is 407 g/mol. The number of aliphatic hydroxyl groups excluding tert-OH is 3. The highest BCUT2D eigenvalue weighted by molar-refractivity contribution is 5.13. The molecule has 3 N–H and O–H groups in total. The molecule has 4 rings (SSSR count). The van der Waals surface area contributed by atoms with Gasteiger partial charge in [-0.15, -0.1) is 0 Å². The molecular weight excluding hydrogens is 360 g/mol. The molecule has 4 aliphatic carbocycles. The van der Waals surface area contributed by atoms with E-state index in [4.69, 9.17) is 0 Å². The first-order valence-electron chi connectivity index (χ1n) is 12.7. The lowest BCUT2D eigenvalue weighted by Gasteiger charge is -2.64. The Labute approximate surface area is 178 Å². The lowest BCUT2D eigenvalue weighted by Crippen LogP contribution is -2.62. The molecule has 168 valence electrons. The molecule has 4 fully saturated rings. The van der Waals surface area contributed by atoms with Crippen LogP contribution in [0.4, 0.5) is 0 Å². The Morgan fingerprint density at radius 1 is 0.931 bits per heavy atom.